The van der Waals surface area contributed by atoms with Crippen LogP contribution in [0.1, 0.15) is 18.3 Å². The molecule has 5 heteroatoms. The molecule has 0 aliphatic carbocycles. The summed E-state index contributed by atoms with van der Waals surface area (Å²) in [6, 6.07) is 10.1. The first-order valence-electron chi connectivity index (χ1n) is 7.22. The van der Waals surface area contributed by atoms with Crippen LogP contribution in [-0.2, 0) is 13.0 Å². The van der Waals surface area contributed by atoms with Gasteiger partial charge in [-0.2, -0.15) is 5.10 Å². The highest BCUT2D eigenvalue weighted by Gasteiger charge is 2.17. The van der Waals surface area contributed by atoms with E-state index in [9.17, 15) is 0 Å². The van der Waals surface area contributed by atoms with Crippen LogP contribution in [0.5, 0.6) is 5.75 Å². The number of halogens is 1. The summed E-state index contributed by atoms with van der Waals surface area (Å²) in [5.41, 5.74) is 2.25. The Labute approximate surface area is 134 Å². The first-order chi connectivity index (χ1) is 10.2. The second-order valence-corrected chi connectivity index (χ2v) is 5.77. The van der Waals surface area contributed by atoms with Crippen molar-refractivity contribution in [2.75, 3.05) is 13.7 Å². The molecule has 1 aromatic heterocycles. The molecule has 114 valence electrons. The smallest absolute Gasteiger partial charge is 0.119 e. The lowest BCUT2D eigenvalue weighted by Crippen LogP contribution is -2.34. The molecule has 1 N–H and O–H groups in total. The molecule has 0 aliphatic rings. The summed E-state index contributed by atoms with van der Waals surface area (Å²) in [5.74, 6) is 0.900. The predicted molar refractivity (Wildman–Crippen MR) is 88.8 cm³/mol. The Hall–Kier alpha value is -1.33. The summed E-state index contributed by atoms with van der Waals surface area (Å²) < 4.78 is 8.99. The van der Waals surface area contributed by atoms with E-state index in [-0.39, 0.29) is 6.04 Å². The molecule has 2 rings (SSSR count). The first kappa shape index (κ1) is 16.0. The molecule has 2 aromatic rings. The van der Waals surface area contributed by atoms with Crippen molar-refractivity contribution >= 4 is 15.9 Å². The maximum atomic E-state index is 5.84. The van der Waals surface area contributed by atoms with Crippen LogP contribution in [0.15, 0.2) is 34.8 Å². The summed E-state index contributed by atoms with van der Waals surface area (Å²) in [7, 11) is 1.96. The minimum absolute atomic E-state index is 0.239. The van der Waals surface area contributed by atoms with Gasteiger partial charge in [0.2, 0.25) is 0 Å². The zero-order chi connectivity index (χ0) is 15.2. The molecule has 1 atom stereocenters. The van der Waals surface area contributed by atoms with Crippen molar-refractivity contribution in [2.45, 2.75) is 32.9 Å². The lowest BCUT2D eigenvalue weighted by molar-refractivity contribution is 0.267. The van der Waals surface area contributed by atoms with Gasteiger partial charge in [-0.25, -0.2) is 0 Å². The Morgan fingerprint density at radius 2 is 2.05 bits per heavy atom. The largest absolute Gasteiger partial charge is 0.492 e. The number of benzene rings is 1. The van der Waals surface area contributed by atoms with Crippen LogP contribution in [-0.4, -0.2) is 29.5 Å². The Morgan fingerprint density at radius 1 is 1.33 bits per heavy atom. The molecule has 0 fully saturated rings. The van der Waals surface area contributed by atoms with Crippen molar-refractivity contribution in [3.05, 3.63) is 46.2 Å². The molecule has 1 unspecified atom stereocenters. The number of ether oxygens (including phenoxy) is 1. The highest BCUT2D eigenvalue weighted by Crippen LogP contribution is 2.22. The van der Waals surface area contributed by atoms with E-state index >= 15 is 0 Å². The lowest BCUT2D eigenvalue weighted by Gasteiger charge is -2.18. The van der Waals surface area contributed by atoms with E-state index in [4.69, 9.17) is 4.74 Å². The lowest BCUT2D eigenvalue weighted by atomic mass is 10.1. The second kappa shape index (κ2) is 7.61. The van der Waals surface area contributed by atoms with E-state index in [1.165, 1.54) is 5.69 Å². The molecule has 0 saturated carbocycles. The quantitative estimate of drug-likeness (QED) is 0.832. The number of hydrogen-bond donors (Lipinski definition) is 1. The van der Waals surface area contributed by atoms with Gasteiger partial charge in [-0.3, -0.25) is 4.68 Å². The molecule has 0 radical (unpaired) electrons. The normalized spacial score (nSPS) is 12.4. The van der Waals surface area contributed by atoms with Crippen LogP contribution < -0.4 is 10.1 Å². The fraction of sp³-hybridized carbons (Fsp3) is 0.438. The van der Waals surface area contributed by atoms with Crippen molar-refractivity contribution in [1.82, 2.24) is 15.1 Å². The van der Waals surface area contributed by atoms with Crippen LogP contribution in [0.2, 0.25) is 0 Å². The maximum Gasteiger partial charge on any atom is 0.119 e. The average Bonchev–Trinajstić information content (AvgIpc) is 2.79. The van der Waals surface area contributed by atoms with Crippen LogP contribution in [0.3, 0.4) is 0 Å². The Kier molecular flexibility index (Phi) is 5.82. The van der Waals surface area contributed by atoms with Crippen LogP contribution in [0.4, 0.5) is 0 Å². The number of rotatable bonds is 7. The maximum absolute atomic E-state index is 5.84. The highest BCUT2D eigenvalue weighted by atomic mass is 79.9. The summed E-state index contributed by atoms with van der Waals surface area (Å²) in [6.07, 6.45) is 0.874. The van der Waals surface area contributed by atoms with Crippen LogP contribution in [0, 0.1) is 6.92 Å². The number of nitrogens with one attached hydrogen (secondary N) is 1. The standard InChI is InChI=1S/C16H22BrN3O/c1-4-20-15(16(17)12(2)19-20)10-13(18-3)11-21-14-8-6-5-7-9-14/h5-9,13,18H,4,10-11H2,1-3H3. The van der Waals surface area contributed by atoms with Gasteiger partial charge in [-0.05, 0) is 49.0 Å². The van der Waals surface area contributed by atoms with Gasteiger partial charge in [0.1, 0.15) is 12.4 Å². The van der Waals surface area contributed by atoms with E-state index in [1.54, 1.807) is 0 Å². The van der Waals surface area contributed by atoms with E-state index < -0.39 is 0 Å². The molecule has 0 amide bonds. The van der Waals surface area contributed by atoms with Gasteiger partial charge in [0.15, 0.2) is 0 Å². The molecule has 1 aromatic carbocycles. The van der Waals surface area contributed by atoms with E-state index in [0.29, 0.717) is 6.61 Å². The van der Waals surface area contributed by atoms with Gasteiger partial charge in [0.05, 0.1) is 15.9 Å². The van der Waals surface area contributed by atoms with Crippen molar-refractivity contribution in [2.24, 2.45) is 0 Å². The van der Waals surface area contributed by atoms with Crippen molar-refractivity contribution in [1.29, 1.82) is 0 Å². The zero-order valence-electron chi connectivity index (χ0n) is 12.8. The van der Waals surface area contributed by atoms with Gasteiger partial charge in [0, 0.05) is 19.0 Å². The predicted octanol–water partition coefficient (Wildman–Crippen LogP) is 3.18. The molecule has 0 saturated heterocycles. The van der Waals surface area contributed by atoms with E-state index in [2.05, 4.69) is 33.3 Å². The third kappa shape index (κ3) is 4.08. The van der Waals surface area contributed by atoms with Crippen LogP contribution in [0.25, 0.3) is 0 Å². The van der Waals surface area contributed by atoms with Gasteiger partial charge < -0.3 is 10.1 Å². The minimum Gasteiger partial charge on any atom is -0.492 e. The Bertz CT molecular complexity index is 568. The van der Waals surface area contributed by atoms with Crippen molar-refractivity contribution < 1.29 is 4.74 Å². The summed E-state index contributed by atoms with van der Waals surface area (Å²) in [6.45, 7) is 5.63. The molecular weight excluding hydrogens is 330 g/mol. The fourth-order valence-electron chi connectivity index (χ4n) is 2.26. The molecular formula is C16H22BrN3O. The number of aromatic nitrogens is 2. The Morgan fingerprint density at radius 3 is 2.67 bits per heavy atom. The summed E-state index contributed by atoms with van der Waals surface area (Å²) in [4.78, 5) is 0. The summed E-state index contributed by atoms with van der Waals surface area (Å²) in [5, 5.41) is 7.86. The van der Waals surface area contributed by atoms with Crippen molar-refractivity contribution in [3.8, 4) is 5.75 Å². The van der Waals surface area contributed by atoms with Crippen LogP contribution >= 0.6 is 15.9 Å². The summed E-state index contributed by atoms with van der Waals surface area (Å²) >= 11 is 3.64. The Balaban J connectivity index is 2.02. The molecule has 0 bridgehead atoms. The molecule has 1 heterocycles. The van der Waals surface area contributed by atoms with Gasteiger partial charge >= 0.3 is 0 Å². The number of hydrogen-bond acceptors (Lipinski definition) is 3. The number of para-hydroxylation sites is 1. The van der Waals surface area contributed by atoms with Gasteiger partial charge in [-0.15, -0.1) is 0 Å². The van der Waals surface area contributed by atoms with E-state index in [1.807, 2.05) is 49.0 Å². The third-order valence-electron chi connectivity index (χ3n) is 3.50. The molecule has 0 aliphatic heterocycles. The monoisotopic (exact) mass is 351 g/mol. The first-order valence-corrected chi connectivity index (χ1v) is 8.01. The average molecular weight is 352 g/mol. The number of nitrogens with zero attached hydrogens (tertiary/aromatic N) is 2. The molecule has 0 spiro atoms. The fourth-order valence-corrected chi connectivity index (χ4v) is 2.70. The third-order valence-corrected chi connectivity index (χ3v) is 4.53. The highest BCUT2D eigenvalue weighted by molar-refractivity contribution is 9.10. The van der Waals surface area contributed by atoms with Gasteiger partial charge in [0.25, 0.3) is 0 Å². The minimum atomic E-state index is 0.239. The SMILES string of the molecule is CCn1nc(C)c(Br)c1CC(COc1ccccc1)NC. The second-order valence-electron chi connectivity index (χ2n) is 4.98. The van der Waals surface area contributed by atoms with E-state index in [0.717, 1.165) is 28.9 Å². The van der Waals surface area contributed by atoms with Gasteiger partial charge in [-0.1, -0.05) is 18.2 Å². The van der Waals surface area contributed by atoms with Crippen molar-refractivity contribution in [3.63, 3.8) is 0 Å². The molecule has 4 nitrogen and oxygen atoms in total. The molecule has 21 heavy (non-hydrogen) atoms. The topological polar surface area (TPSA) is 39.1 Å². The number of likely N-dealkylation sites (N-methyl/N-ethyl adjacent to an activating group) is 1. The zero-order valence-corrected chi connectivity index (χ0v) is 14.4. The number of aryl methyl sites for hydroxylation is 2.